The maximum absolute atomic E-state index is 10.1. The SMILES string of the molecule is CC(=O)[O-].O=C(O)CN1C=NCC1.[Na+]. The molecule has 1 aliphatic rings. The number of aliphatic carboxylic acids is 2. The van der Waals surface area contributed by atoms with Gasteiger partial charge in [-0.3, -0.25) is 9.79 Å². The summed E-state index contributed by atoms with van der Waals surface area (Å²) in [5.41, 5.74) is 0. The van der Waals surface area contributed by atoms with Crippen LogP contribution in [0.5, 0.6) is 0 Å². The van der Waals surface area contributed by atoms with E-state index in [1.54, 1.807) is 11.2 Å². The van der Waals surface area contributed by atoms with Crippen molar-refractivity contribution in [3.63, 3.8) is 0 Å². The molecule has 0 fully saturated rings. The maximum Gasteiger partial charge on any atom is 1.00 e. The molecule has 0 bridgehead atoms. The molecular formula is C7H11N2NaO4. The van der Waals surface area contributed by atoms with Crippen molar-refractivity contribution in [2.24, 2.45) is 4.99 Å². The van der Waals surface area contributed by atoms with Crippen LogP contribution in [0.3, 0.4) is 0 Å². The van der Waals surface area contributed by atoms with Gasteiger partial charge >= 0.3 is 35.5 Å². The van der Waals surface area contributed by atoms with Crippen LogP contribution in [0, 0.1) is 0 Å². The second-order valence-corrected chi connectivity index (χ2v) is 2.38. The molecule has 0 saturated heterocycles. The Morgan fingerprint density at radius 3 is 2.43 bits per heavy atom. The molecule has 74 valence electrons. The van der Waals surface area contributed by atoms with Gasteiger partial charge < -0.3 is 19.9 Å². The standard InChI is InChI=1S/C5H8N2O2.C2H4O2.Na/c8-5(9)3-7-2-1-6-4-7;1-2(3)4;/h4H,1-3H2,(H,8,9);1H3,(H,3,4);/q;;+1/p-1. The van der Waals surface area contributed by atoms with E-state index in [4.69, 9.17) is 15.0 Å². The average Bonchev–Trinajstić information content (AvgIpc) is 2.36. The largest absolute Gasteiger partial charge is 1.00 e. The normalized spacial score (nSPS) is 12.5. The Hall–Kier alpha value is -0.590. The van der Waals surface area contributed by atoms with Crippen LogP contribution in [0.2, 0.25) is 0 Å². The van der Waals surface area contributed by atoms with Crippen LogP contribution in [-0.2, 0) is 9.59 Å². The van der Waals surface area contributed by atoms with Gasteiger partial charge in [-0.25, -0.2) is 0 Å². The van der Waals surface area contributed by atoms with Gasteiger partial charge in [-0.2, -0.15) is 0 Å². The van der Waals surface area contributed by atoms with E-state index >= 15 is 0 Å². The number of carbonyl (C=O) groups excluding carboxylic acids is 1. The van der Waals surface area contributed by atoms with Crippen molar-refractivity contribution in [2.75, 3.05) is 19.6 Å². The van der Waals surface area contributed by atoms with E-state index in [2.05, 4.69) is 4.99 Å². The first-order valence-electron chi connectivity index (χ1n) is 3.65. The molecule has 1 aliphatic heterocycles. The summed E-state index contributed by atoms with van der Waals surface area (Å²) in [7, 11) is 0. The minimum absolute atomic E-state index is 0. The fraction of sp³-hybridized carbons (Fsp3) is 0.571. The van der Waals surface area contributed by atoms with Gasteiger partial charge in [0.15, 0.2) is 0 Å². The summed E-state index contributed by atoms with van der Waals surface area (Å²) in [5.74, 6) is -1.89. The molecule has 0 aromatic rings. The minimum Gasteiger partial charge on any atom is -0.550 e. The molecule has 0 aromatic heterocycles. The number of carbonyl (C=O) groups is 2. The summed E-state index contributed by atoms with van der Waals surface area (Å²) >= 11 is 0. The fourth-order valence-electron chi connectivity index (χ4n) is 0.711. The molecule has 1 rings (SSSR count). The van der Waals surface area contributed by atoms with Crippen LogP contribution < -0.4 is 34.7 Å². The minimum atomic E-state index is -1.08. The van der Waals surface area contributed by atoms with Crippen molar-refractivity contribution in [3.05, 3.63) is 0 Å². The molecule has 6 nitrogen and oxygen atoms in total. The van der Waals surface area contributed by atoms with E-state index in [1.807, 2.05) is 0 Å². The molecule has 0 unspecified atom stereocenters. The van der Waals surface area contributed by atoms with Crippen LogP contribution in [0.25, 0.3) is 0 Å². The Morgan fingerprint density at radius 2 is 2.14 bits per heavy atom. The number of hydrogen-bond acceptors (Lipinski definition) is 5. The first-order valence-corrected chi connectivity index (χ1v) is 3.65. The van der Waals surface area contributed by atoms with Gasteiger partial charge in [0, 0.05) is 12.5 Å². The molecule has 0 aliphatic carbocycles. The summed E-state index contributed by atoms with van der Waals surface area (Å²) in [6.45, 7) is 2.52. The molecule has 0 amide bonds. The molecule has 1 N–H and O–H groups in total. The second-order valence-electron chi connectivity index (χ2n) is 2.38. The predicted molar refractivity (Wildman–Crippen MR) is 43.2 cm³/mol. The van der Waals surface area contributed by atoms with Crippen LogP contribution in [0.15, 0.2) is 4.99 Å². The van der Waals surface area contributed by atoms with E-state index in [0.717, 1.165) is 20.0 Å². The van der Waals surface area contributed by atoms with E-state index < -0.39 is 11.9 Å². The van der Waals surface area contributed by atoms with Crippen LogP contribution in [0.1, 0.15) is 6.92 Å². The van der Waals surface area contributed by atoms with E-state index in [0.29, 0.717) is 0 Å². The summed E-state index contributed by atoms with van der Waals surface area (Å²) < 4.78 is 0. The third-order valence-electron chi connectivity index (χ3n) is 1.10. The van der Waals surface area contributed by atoms with E-state index in [9.17, 15) is 4.79 Å². The summed E-state index contributed by atoms with van der Waals surface area (Å²) in [5, 5.41) is 17.2. The number of rotatable bonds is 2. The monoisotopic (exact) mass is 210 g/mol. The van der Waals surface area contributed by atoms with Crippen molar-refractivity contribution in [1.82, 2.24) is 4.90 Å². The van der Waals surface area contributed by atoms with E-state index in [-0.39, 0.29) is 36.1 Å². The number of carboxylic acids is 2. The molecule has 14 heavy (non-hydrogen) atoms. The topological polar surface area (TPSA) is 93.0 Å². The Morgan fingerprint density at radius 1 is 1.64 bits per heavy atom. The zero-order valence-corrected chi connectivity index (χ0v) is 10.3. The number of nitrogens with zero attached hydrogens (tertiary/aromatic N) is 2. The molecular weight excluding hydrogens is 199 g/mol. The summed E-state index contributed by atoms with van der Waals surface area (Å²) in [6, 6.07) is 0. The van der Waals surface area contributed by atoms with Gasteiger partial charge in [0.25, 0.3) is 0 Å². The molecule has 1 heterocycles. The van der Waals surface area contributed by atoms with Crippen LogP contribution in [0.4, 0.5) is 0 Å². The molecule has 0 radical (unpaired) electrons. The predicted octanol–water partition coefficient (Wildman–Crippen LogP) is -4.82. The molecule has 0 atom stereocenters. The van der Waals surface area contributed by atoms with Gasteiger partial charge in [-0.1, -0.05) is 0 Å². The smallest absolute Gasteiger partial charge is 0.550 e. The molecule has 0 aromatic carbocycles. The third kappa shape index (κ3) is 11.4. The summed E-state index contributed by atoms with van der Waals surface area (Å²) in [4.78, 5) is 24.5. The van der Waals surface area contributed by atoms with Crippen molar-refractivity contribution in [3.8, 4) is 0 Å². The Kier molecular flexibility index (Phi) is 10.2. The molecule has 0 spiro atoms. The van der Waals surface area contributed by atoms with Crippen molar-refractivity contribution in [1.29, 1.82) is 0 Å². The zero-order valence-electron chi connectivity index (χ0n) is 8.27. The number of aliphatic imine (C=N–C) groups is 1. The van der Waals surface area contributed by atoms with Gasteiger partial charge in [-0.15, -0.1) is 0 Å². The van der Waals surface area contributed by atoms with Gasteiger partial charge in [0.05, 0.1) is 12.9 Å². The molecule has 0 saturated carbocycles. The quantitative estimate of drug-likeness (QED) is 0.461. The third-order valence-corrected chi connectivity index (χ3v) is 1.10. The average molecular weight is 210 g/mol. The Balaban J connectivity index is 0. The zero-order chi connectivity index (χ0) is 10.3. The van der Waals surface area contributed by atoms with Crippen molar-refractivity contribution < 1.29 is 49.4 Å². The Bertz CT molecular complexity index is 216. The van der Waals surface area contributed by atoms with Gasteiger partial charge in [0.1, 0.15) is 6.54 Å². The number of carboxylic acid groups (broad SMARTS) is 2. The second kappa shape index (κ2) is 8.98. The van der Waals surface area contributed by atoms with Crippen molar-refractivity contribution in [2.45, 2.75) is 6.92 Å². The van der Waals surface area contributed by atoms with E-state index in [1.165, 1.54) is 0 Å². The summed E-state index contributed by atoms with van der Waals surface area (Å²) in [6.07, 6.45) is 1.58. The Labute approximate surface area is 104 Å². The van der Waals surface area contributed by atoms with Crippen LogP contribution >= 0.6 is 0 Å². The molecule has 7 heteroatoms. The first kappa shape index (κ1) is 15.9. The maximum atomic E-state index is 10.1. The first-order chi connectivity index (χ1) is 6.02. The van der Waals surface area contributed by atoms with Crippen LogP contribution in [-0.4, -0.2) is 47.9 Å². The number of hydrogen-bond donors (Lipinski definition) is 1. The van der Waals surface area contributed by atoms with Gasteiger partial charge in [0.2, 0.25) is 0 Å². The van der Waals surface area contributed by atoms with Crippen molar-refractivity contribution >= 4 is 18.3 Å². The van der Waals surface area contributed by atoms with Gasteiger partial charge in [-0.05, 0) is 6.92 Å². The fourth-order valence-corrected chi connectivity index (χ4v) is 0.711.